The molecule has 0 aliphatic carbocycles. The standard InChI is InChI=1S/C19H19Cl2N3OS/c1-19(2,3)11-4-6-12(7-5-11)22-17(25)10-26-18-23-15-8-13(20)14(21)9-16(15)24-18/h4-9H,10H2,1-3H3,(H,22,25)(H,23,24). The Morgan fingerprint density at radius 3 is 2.46 bits per heavy atom. The van der Waals surface area contributed by atoms with Crippen molar-refractivity contribution < 1.29 is 4.79 Å². The largest absolute Gasteiger partial charge is 0.333 e. The molecule has 0 saturated carbocycles. The highest BCUT2D eigenvalue weighted by Gasteiger charge is 2.13. The minimum atomic E-state index is -0.0879. The van der Waals surface area contributed by atoms with Crippen LogP contribution in [0.2, 0.25) is 10.0 Å². The molecule has 3 aromatic rings. The second kappa shape index (κ2) is 7.51. The van der Waals surface area contributed by atoms with Crippen molar-refractivity contribution in [2.75, 3.05) is 11.1 Å². The number of rotatable bonds is 4. The van der Waals surface area contributed by atoms with Crippen LogP contribution in [0.4, 0.5) is 5.69 Å². The van der Waals surface area contributed by atoms with E-state index in [1.54, 1.807) is 12.1 Å². The zero-order valence-corrected chi connectivity index (χ0v) is 17.0. The summed E-state index contributed by atoms with van der Waals surface area (Å²) >= 11 is 13.3. The number of H-pyrrole nitrogens is 1. The minimum absolute atomic E-state index is 0.0879. The number of anilines is 1. The van der Waals surface area contributed by atoms with Gasteiger partial charge in [0.15, 0.2) is 5.16 Å². The second-order valence-electron chi connectivity index (χ2n) is 6.99. The van der Waals surface area contributed by atoms with Gasteiger partial charge in [-0.15, -0.1) is 0 Å². The molecule has 0 aliphatic heterocycles. The number of thioether (sulfide) groups is 1. The molecule has 0 unspecified atom stereocenters. The summed E-state index contributed by atoms with van der Waals surface area (Å²) in [4.78, 5) is 19.7. The van der Waals surface area contributed by atoms with E-state index in [-0.39, 0.29) is 17.1 Å². The van der Waals surface area contributed by atoms with Gasteiger partial charge in [-0.1, -0.05) is 67.9 Å². The maximum absolute atomic E-state index is 12.2. The zero-order chi connectivity index (χ0) is 18.9. The Balaban J connectivity index is 1.60. The molecule has 0 spiro atoms. The van der Waals surface area contributed by atoms with Crippen LogP contribution >= 0.6 is 35.0 Å². The third-order valence-corrected chi connectivity index (χ3v) is 5.47. The normalized spacial score (nSPS) is 11.7. The number of hydrogen-bond acceptors (Lipinski definition) is 3. The van der Waals surface area contributed by atoms with Crippen LogP contribution in [-0.2, 0) is 10.2 Å². The van der Waals surface area contributed by atoms with Crippen LogP contribution < -0.4 is 5.32 Å². The number of nitrogens with one attached hydrogen (secondary N) is 2. The maximum Gasteiger partial charge on any atom is 0.234 e. The number of carbonyl (C=O) groups is 1. The second-order valence-corrected chi connectivity index (χ2v) is 8.77. The molecule has 1 aromatic heterocycles. The minimum Gasteiger partial charge on any atom is -0.333 e. The molecule has 3 rings (SSSR count). The van der Waals surface area contributed by atoms with Gasteiger partial charge < -0.3 is 10.3 Å². The van der Waals surface area contributed by atoms with E-state index in [1.165, 1.54) is 17.3 Å². The molecule has 0 radical (unpaired) electrons. The Morgan fingerprint density at radius 2 is 1.81 bits per heavy atom. The third-order valence-electron chi connectivity index (χ3n) is 3.88. The molecule has 0 bridgehead atoms. The van der Waals surface area contributed by atoms with Crippen molar-refractivity contribution in [3.8, 4) is 0 Å². The molecule has 26 heavy (non-hydrogen) atoms. The van der Waals surface area contributed by atoms with Crippen molar-refractivity contribution >= 4 is 57.6 Å². The van der Waals surface area contributed by atoms with E-state index in [9.17, 15) is 4.79 Å². The molecule has 2 aromatic carbocycles. The summed E-state index contributed by atoms with van der Waals surface area (Å²) < 4.78 is 0. The Kier molecular flexibility index (Phi) is 5.51. The fraction of sp³-hybridized carbons (Fsp3) is 0.263. The molecular weight excluding hydrogens is 389 g/mol. The van der Waals surface area contributed by atoms with Crippen molar-refractivity contribution in [3.63, 3.8) is 0 Å². The van der Waals surface area contributed by atoms with Crippen LogP contribution in [-0.4, -0.2) is 21.6 Å². The summed E-state index contributed by atoms with van der Waals surface area (Å²) in [6.45, 7) is 6.47. The van der Waals surface area contributed by atoms with Crippen molar-refractivity contribution in [1.82, 2.24) is 9.97 Å². The fourth-order valence-corrected chi connectivity index (χ4v) is 3.44. The van der Waals surface area contributed by atoms with Gasteiger partial charge in [-0.25, -0.2) is 4.98 Å². The Bertz CT molecular complexity index is 907. The molecule has 4 nitrogen and oxygen atoms in total. The third kappa shape index (κ3) is 4.53. The highest BCUT2D eigenvalue weighted by atomic mass is 35.5. The van der Waals surface area contributed by atoms with Gasteiger partial charge >= 0.3 is 0 Å². The average molecular weight is 408 g/mol. The van der Waals surface area contributed by atoms with Crippen LogP contribution in [0.1, 0.15) is 26.3 Å². The number of imidazole rings is 1. The fourth-order valence-electron chi connectivity index (χ4n) is 2.43. The summed E-state index contributed by atoms with van der Waals surface area (Å²) in [5.74, 6) is 0.164. The van der Waals surface area contributed by atoms with E-state index < -0.39 is 0 Å². The number of fused-ring (bicyclic) bond motifs is 1. The van der Waals surface area contributed by atoms with E-state index in [0.717, 1.165) is 16.7 Å². The predicted molar refractivity (Wildman–Crippen MR) is 111 cm³/mol. The van der Waals surface area contributed by atoms with E-state index >= 15 is 0 Å². The molecule has 7 heteroatoms. The summed E-state index contributed by atoms with van der Waals surface area (Å²) in [6.07, 6.45) is 0. The van der Waals surface area contributed by atoms with Gasteiger partial charge in [0.25, 0.3) is 0 Å². The Hall–Kier alpha value is -1.69. The number of hydrogen-bond donors (Lipinski definition) is 2. The van der Waals surface area contributed by atoms with Gasteiger partial charge in [0.1, 0.15) is 0 Å². The van der Waals surface area contributed by atoms with Crippen molar-refractivity contribution in [1.29, 1.82) is 0 Å². The highest BCUT2D eigenvalue weighted by Crippen LogP contribution is 2.28. The van der Waals surface area contributed by atoms with Crippen LogP contribution in [0.3, 0.4) is 0 Å². The zero-order valence-electron chi connectivity index (χ0n) is 14.7. The quantitative estimate of drug-likeness (QED) is 0.529. The summed E-state index contributed by atoms with van der Waals surface area (Å²) in [7, 11) is 0. The van der Waals surface area contributed by atoms with E-state index in [0.29, 0.717) is 15.2 Å². The Labute approximate surface area is 166 Å². The van der Waals surface area contributed by atoms with Crippen LogP contribution in [0.15, 0.2) is 41.6 Å². The molecule has 2 N–H and O–H groups in total. The first-order valence-corrected chi connectivity index (χ1v) is 9.84. The molecular formula is C19H19Cl2N3OS. The number of benzene rings is 2. The molecule has 0 saturated heterocycles. The van der Waals surface area contributed by atoms with Gasteiger partial charge in [0.05, 0.1) is 26.8 Å². The topological polar surface area (TPSA) is 57.8 Å². The van der Waals surface area contributed by atoms with Crippen LogP contribution in [0.25, 0.3) is 11.0 Å². The molecule has 1 heterocycles. The van der Waals surface area contributed by atoms with Gasteiger partial charge in [0.2, 0.25) is 5.91 Å². The van der Waals surface area contributed by atoms with Crippen molar-refractivity contribution in [2.24, 2.45) is 0 Å². The van der Waals surface area contributed by atoms with Gasteiger partial charge in [-0.05, 0) is 35.2 Å². The average Bonchev–Trinajstić information content (AvgIpc) is 2.95. The summed E-state index contributed by atoms with van der Waals surface area (Å²) in [5.41, 5.74) is 3.61. The Morgan fingerprint density at radius 1 is 1.15 bits per heavy atom. The molecule has 0 aliphatic rings. The number of aromatic amines is 1. The lowest BCUT2D eigenvalue weighted by Crippen LogP contribution is -2.15. The van der Waals surface area contributed by atoms with Gasteiger partial charge in [0, 0.05) is 5.69 Å². The number of halogens is 2. The highest BCUT2D eigenvalue weighted by molar-refractivity contribution is 7.99. The van der Waals surface area contributed by atoms with E-state index in [1.807, 2.05) is 24.3 Å². The van der Waals surface area contributed by atoms with E-state index in [2.05, 4.69) is 36.1 Å². The lowest BCUT2D eigenvalue weighted by Gasteiger charge is -2.19. The molecule has 0 fully saturated rings. The summed E-state index contributed by atoms with van der Waals surface area (Å²) in [5, 5.41) is 4.47. The molecule has 1 amide bonds. The van der Waals surface area contributed by atoms with Gasteiger partial charge in [-0.2, -0.15) is 0 Å². The maximum atomic E-state index is 12.2. The first-order chi connectivity index (χ1) is 12.2. The first kappa shape index (κ1) is 19.1. The number of nitrogens with zero attached hydrogens (tertiary/aromatic N) is 1. The van der Waals surface area contributed by atoms with Crippen molar-refractivity contribution in [2.45, 2.75) is 31.3 Å². The SMILES string of the molecule is CC(C)(C)c1ccc(NC(=O)CSc2nc3cc(Cl)c(Cl)cc3[nH]2)cc1. The number of aromatic nitrogens is 2. The monoisotopic (exact) mass is 407 g/mol. The molecule has 136 valence electrons. The van der Waals surface area contributed by atoms with Crippen LogP contribution in [0, 0.1) is 0 Å². The van der Waals surface area contributed by atoms with E-state index in [4.69, 9.17) is 23.2 Å². The number of carbonyl (C=O) groups excluding carboxylic acids is 1. The van der Waals surface area contributed by atoms with Crippen molar-refractivity contribution in [3.05, 3.63) is 52.0 Å². The lowest BCUT2D eigenvalue weighted by atomic mass is 9.87. The molecule has 0 atom stereocenters. The predicted octanol–water partition coefficient (Wildman–Crippen LogP) is 5.90. The summed E-state index contributed by atoms with van der Waals surface area (Å²) in [6, 6.07) is 11.4. The lowest BCUT2D eigenvalue weighted by molar-refractivity contribution is -0.113. The first-order valence-electron chi connectivity index (χ1n) is 8.10. The number of amides is 1. The smallest absolute Gasteiger partial charge is 0.234 e. The van der Waals surface area contributed by atoms with Gasteiger partial charge in [-0.3, -0.25) is 4.79 Å². The van der Waals surface area contributed by atoms with Crippen LogP contribution in [0.5, 0.6) is 0 Å².